The molecule has 0 saturated heterocycles. The zero-order valence-electron chi connectivity index (χ0n) is 9.61. The van der Waals surface area contributed by atoms with E-state index < -0.39 is 5.97 Å². The summed E-state index contributed by atoms with van der Waals surface area (Å²) in [6.07, 6.45) is 1.49. The van der Waals surface area contributed by atoms with Gasteiger partial charge in [0.05, 0.1) is 6.61 Å². The van der Waals surface area contributed by atoms with Crippen molar-refractivity contribution in [1.29, 1.82) is 0 Å². The maximum atomic E-state index is 11.5. The fraction of sp³-hybridized carbons (Fsp3) is 0.500. The number of carbonyl (C=O) groups excluding carboxylic acids is 1. The van der Waals surface area contributed by atoms with Crippen molar-refractivity contribution < 1.29 is 9.53 Å². The second-order valence-corrected chi connectivity index (χ2v) is 4.05. The third kappa shape index (κ3) is 3.10. The van der Waals surface area contributed by atoms with E-state index in [1.54, 1.807) is 14.0 Å². The number of carbonyl (C=O) groups is 1. The predicted octanol–water partition coefficient (Wildman–Crippen LogP) is 1.81. The molecular weight excluding hydrogens is 226 g/mol. The number of ether oxygens (including phenoxy) is 1. The van der Waals surface area contributed by atoms with Crippen LogP contribution in [0.4, 0.5) is 5.82 Å². The SMILES string of the molecule is CCOC(=O)c1cnc(SCC)nc1NC. The van der Waals surface area contributed by atoms with Gasteiger partial charge in [-0.1, -0.05) is 18.7 Å². The summed E-state index contributed by atoms with van der Waals surface area (Å²) in [5.41, 5.74) is 0.366. The summed E-state index contributed by atoms with van der Waals surface area (Å²) in [7, 11) is 1.71. The molecule has 0 aliphatic rings. The maximum absolute atomic E-state index is 11.5. The molecule has 0 aliphatic carbocycles. The molecule has 1 rings (SSSR count). The van der Waals surface area contributed by atoms with E-state index in [4.69, 9.17) is 4.74 Å². The van der Waals surface area contributed by atoms with Crippen LogP contribution in [0.2, 0.25) is 0 Å². The molecule has 0 unspecified atom stereocenters. The second kappa shape index (κ2) is 6.32. The highest BCUT2D eigenvalue weighted by Crippen LogP contribution is 2.18. The largest absolute Gasteiger partial charge is 0.462 e. The summed E-state index contributed by atoms with van der Waals surface area (Å²) in [4.78, 5) is 19.9. The van der Waals surface area contributed by atoms with E-state index in [-0.39, 0.29) is 0 Å². The van der Waals surface area contributed by atoms with Gasteiger partial charge in [0.25, 0.3) is 0 Å². The number of nitrogens with one attached hydrogen (secondary N) is 1. The molecule has 88 valence electrons. The monoisotopic (exact) mass is 241 g/mol. The van der Waals surface area contributed by atoms with Crippen molar-refractivity contribution in [3.8, 4) is 0 Å². The molecule has 0 saturated carbocycles. The van der Waals surface area contributed by atoms with E-state index in [2.05, 4.69) is 15.3 Å². The molecule has 1 aromatic heterocycles. The second-order valence-electron chi connectivity index (χ2n) is 2.82. The number of hydrogen-bond acceptors (Lipinski definition) is 6. The fourth-order valence-electron chi connectivity index (χ4n) is 1.11. The van der Waals surface area contributed by atoms with Crippen LogP contribution < -0.4 is 5.32 Å². The van der Waals surface area contributed by atoms with Crippen LogP contribution in [0, 0.1) is 0 Å². The molecule has 0 aromatic carbocycles. The Morgan fingerprint density at radius 3 is 2.88 bits per heavy atom. The molecule has 0 radical (unpaired) electrons. The standard InChI is InChI=1S/C10H15N3O2S/c1-4-15-9(14)7-6-12-10(16-5-2)13-8(7)11-3/h6H,4-5H2,1-3H3,(H,11,12,13). The van der Waals surface area contributed by atoms with Crippen LogP contribution in [-0.2, 0) is 4.74 Å². The quantitative estimate of drug-likeness (QED) is 0.482. The molecule has 0 bridgehead atoms. The maximum Gasteiger partial charge on any atom is 0.343 e. The van der Waals surface area contributed by atoms with Crippen LogP contribution in [0.15, 0.2) is 11.4 Å². The van der Waals surface area contributed by atoms with Crippen molar-refractivity contribution in [2.24, 2.45) is 0 Å². The molecule has 6 heteroatoms. The Kier molecular flexibility index (Phi) is 5.04. The molecule has 5 nitrogen and oxygen atoms in total. The van der Waals surface area contributed by atoms with E-state index in [0.29, 0.717) is 23.1 Å². The Labute approximate surface area is 99.0 Å². The average molecular weight is 241 g/mol. The number of anilines is 1. The van der Waals surface area contributed by atoms with E-state index in [9.17, 15) is 4.79 Å². The third-order valence-corrected chi connectivity index (χ3v) is 2.52. The minimum Gasteiger partial charge on any atom is -0.462 e. The van der Waals surface area contributed by atoms with Crippen LogP contribution in [0.1, 0.15) is 24.2 Å². The van der Waals surface area contributed by atoms with Crippen molar-refractivity contribution in [1.82, 2.24) is 9.97 Å². The first-order chi connectivity index (χ1) is 7.72. The Hall–Kier alpha value is -1.30. The van der Waals surface area contributed by atoms with Gasteiger partial charge in [0.1, 0.15) is 11.4 Å². The normalized spacial score (nSPS) is 9.94. The summed E-state index contributed by atoms with van der Waals surface area (Å²) in [5.74, 6) is 0.992. The van der Waals surface area contributed by atoms with Crippen molar-refractivity contribution in [3.63, 3.8) is 0 Å². The van der Waals surface area contributed by atoms with E-state index in [1.807, 2.05) is 6.92 Å². The molecule has 1 heterocycles. The Bertz CT molecular complexity index is 371. The van der Waals surface area contributed by atoms with E-state index in [0.717, 1.165) is 5.75 Å². The van der Waals surface area contributed by atoms with Crippen molar-refractivity contribution in [2.45, 2.75) is 19.0 Å². The van der Waals surface area contributed by atoms with Crippen LogP contribution in [0.25, 0.3) is 0 Å². The summed E-state index contributed by atoms with van der Waals surface area (Å²) in [6, 6.07) is 0. The van der Waals surface area contributed by atoms with E-state index in [1.165, 1.54) is 18.0 Å². The molecule has 0 amide bonds. The first-order valence-electron chi connectivity index (χ1n) is 5.07. The van der Waals surface area contributed by atoms with Gasteiger partial charge in [-0.15, -0.1) is 0 Å². The lowest BCUT2D eigenvalue weighted by atomic mass is 10.3. The smallest absolute Gasteiger partial charge is 0.343 e. The minimum absolute atomic E-state index is 0.341. The Balaban J connectivity index is 2.96. The summed E-state index contributed by atoms with van der Waals surface area (Å²) in [6.45, 7) is 4.12. The molecule has 0 spiro atoms. The summed E-state index contributed by atoms with van der Waals surface area (Å²) >= 11 is 1.52. The highest BCUT2D eigenvalue weighted by atomic mass is 32.2. The zero-order valence-corrected chi connectivity index (χ0v) is 10.4. The summed E-state index contributed by atoms with van der Waals surface area (Å²) in [5, 5.41) is 3.52. The molecule has 1 N–H and O–H groups in total. The lowest BCUT2D eigenvalue weighted by Gasteiger charge is -2.07. The van der Waals surface area contributed by atoms with Crippen LogP contribution in [-0.4, -0.2) is 35.3 Å². The van der Waals surface area contributed by atoms with Gasteiger partial charge in [-0.3, -0.25) is 0 Å². The molecule has 0 fully saturated rings. The Morgan fingerprint density at radius 2 is 2.31 bits per heavy atom. The summed E-state index contributed by atoms with van der Waals surface area (Å²) < 4.78 is 4.90. The first kappa shape index (κ1) is 12.8. The number of aromatic nitrogens is 2. The lowest BCUT2D eigenvalue weighted by Crippen LogP contribution is -2.10. The van der Waals surface area contributed by atoms with Crippen molar-refractivity contribution >= 4 is 23.5 Å². The lowest BCUT2D eigenvalue weighted by molar-refractivity contribution is 0.0526. The van der Waals surface area contributed by atoms with Crippen LogP contribution in [0.3, 0.4) is 0 Å². The number of esters is 1. The van der Waals surface area contributed by atoms with E-state index >= 15 is 0 Å². The van der Waals surface area contributed by atoms with Crippen LogP contribution in [0.5, 0.6) is 0 Å². The topological polar surface area (TPSA) is 64.1 Å². The van der Waals surface area contributed by atoms with Gasteiger partial charge in [-0.05, 0) is 12.7 Å². The number of hydrogen-bond donors (Lipinski definition) is 1. The first-order valence-corrected chi connectivity index (χ1v) is 6.06. The highest BCUT2D eigenvalue weighted by Gasteiger charge is 2.14. The molecule has 0 aliphatic heterocycles. The molecule has 0 atom stereocenters. The van der Waals surface area contributed by atoms with Gasteiger partial charge < -0.3 is 10.1 Å². The number of rotatable bonds is 5. The van der Waals surface area contributed by atoms with Gasteiger partial charge in [-0.25, -0.2) is 14.8 Å². The van der Waals surface area contributed by atoms with Gasteiger partial charge in [-0.2, -0.15) is 0 Å². The van der Waals surface area contributed by atoms with Crippen molar-refractivity contribution in [3.05, 3.63) is 11.8 Å². The van der Waals surface area contributed by atoms with Gasteiger partial charge in [0, 0.05) is 13.2 Å². The molecule has 16 heavy (non-hydrogen) atoms. The minimum atomic E-state index is -0.403. The number of thioether (sulfide) groups is 1. The fourth-order valence-corrected chi connectivity index (χ4v) is 1.65. The van der Waals surface area contributed by atoms with Crippen molar-refractivity contribution in [2.75, 3.05) is 24.7 Å². The Morgan fingerprint density at radius 1 is 1.56 bits per heavy atom. The van der Waals surface area contributed by atoms with Gasteiger partial charge in [0.15, 0.2) is 5.16 Å². The molecule has 1 aromatic rings. The highest BCUT2D eigenvalue weighted by molar-refractivity contribution is 7.99. The molecular formula is C10H15N3O2S. The van der Waals surface area contributed by atoms with Gasteiger partial charge >= 0.3 is 5.97 Å². The predicted molar refractivity (Wildman–Crippen MR) is 63.9 cm³/mol. The zero-order chi connectivity index (χ0) is 12.0. The third-order valence-electron chi connectivity index (χ3n) is 1.77. The van der Waals surface area contributed by atoms with Crippen LogP contribution >= 0.6 is 11.8 Å². The average Bonchev–Trinajstić information content (AvgIpc) is 2.29. The number of nitrogens with zero attached hydrogens (tertiary/aromatic N) is 2. The van der Waals surface area contributed by atoms with Gasteiger partial charge in [0.2, 0.25) is 0 Å².